The summed E-state index contributed by atoms with van der Waals surface area (Å²) in [5.74, 6) is 0. The number of aromatic amines is 1. The van der Waals surface area contributed by atoms with Crippen molar-refractivity contribution < 1.29 is 14.6 Å². The molecule has 2 N–H and O–H groups in total. The van der Waals surface area contributed by atoms with Crippen molar-refractivity contribution in [3.8, 4) is 0 Å². The fourth-order valence-corrected chi connectivity index (χ4v) is 1.37. The second-order valence-corrected chi connectivity index (χ2v) is 3.45. The van der Waals surface area contributed by atoms with Crippen molar-refractivity contribution in [3.05, 3.63) is 33.1 Å². The summed E-state index contributed by atoms with van der Waals surface area (Å²) in [6.07, 6.45) is 0.385. The fourth-order valence-electron chi connectivity index (χ4n) is 1.37. The SMILES string of the molecule is O=c1ccn([C@@H](CO)OC2COC2)c(=O)[nH]1. The maximum atomic E-state index is 11.4. The number of nitrogens with zero attached hydrogens (tertiary/aromatic N) is 1. The van der Waals surface area contributed by atoms with Crippen LogP contribution in [0.3, 0.4) is 0 Å². The molecule has 0 bridgehead atoms. The molecule has 1 aliphatic rings. The van der Waals surface area contributed by atoms with Crippen molar-refractivity contribution >= 4 is 0 Å². The molecule has 16 heavy (non-hydrogen) atoms. The first-order chi connectivity index (χ1) is 7.70. The molecule has 0 radical (unpaired) electrons. The molecule has 1 saturated heterocycles. The van der Waals surface area contributed by atoms with Gasteiger partial charge in [-0.3, -0.25) is 14.3 Å². The molecule has 0 amide bonds. The minimum Gasteiger partial charge on any atom is -0.392 e. The summed E-state index contributed by atoms with van der Waals surface area (Å²) in [6, 6.07) is 1.20. The minimum absolute atomic E-state index is 0.115. The topological polar surface area (TPSA) is 93.6 Å². The molecular weight excluding hydrogens is 216 g/mol. The molecule has 0 spiro atoms. The Morgan fingerprint density at radius 2 is 2.38 bits per heavy atom. The molecule has 7 heteroatoms. The summed E-state index contributed by atoms with van der Waals surface area (Å²) in [7, 11) is 0. The lowest BCUT2D eigenvalue weighted by Gasteiger charge is -2.30. The second-order valence-electron chi connectivity index (χ2n) is 3.45. The molecular formula is C9H12N2O5. The lowest BCUT2D eigenvalue weighted by atomic mass is 10.3. The van der Waals surface area contributed by atoms with Crippen LogP contribution in [0, 0.1) is 0 Å². The first-order valence-corrected chi connectivity index (χ1v) is 4.86. The van der Waals surface area contributed by atoms with Gasteiger partial charge in [0.2, 0.25) is 0 Å². The molecule has 1 aliphatic heterocycles. The minimum atomic E-state index is -0.793. The van der Waals surface area contributed by atoms with E-state index in [4.69, 9.17) is 14.6 Å². The number of nitrogens with one attached hydrogen (secondary N) is 1. The number of hydrogen-bond acceptors (Lipinski definition) is 5. The van der Waals surface area contributed by atoms with Gasteiger partial charge in [0.15, 0.2) is 6.23 Å². The number of aliphatic hydroxyl groups excluding tert-OH is 1. The average Bonchev–Trinajstić information content (AvgIpc) is 2.18. The Morgan fingerprint density at radius 3 is 2.88 bits per heavy atom. The molecule has 1 aromatic heterocycles. The van der Waals surface area contributed by atoms with Gasteiger partial charge in [0, 0.05) is 12.3 Å². The molecule has 1 aromatic rings. The van der Waals surface area contributed by atoms with Crippen LogP contribution in [0.1, 0.15) is 6.23 Å². The number of rotatable bonds is 4. The predicted octanol–water partition coefficient (Wildman–Crippen LogP) is -1.56. The highest BCUT2D eigenvalue weighted by molar-refractivity contribution is 4.84. The normalized spacial score (nSPS) is 18.1. The van der Waals surface area contributed by atoms with Crippen LogP contribution < -0.4 is 11.2 Å². The number of aliphatic hydroxyl groups is 1. The largest absolute Gasteiger partial charge is 0.392 e. The molecule has 88 valence electrons. The molecule has 0 aliphatic carbocycles. The highest BCUT2D eigenvalue weighted by atomic mass is 16.6. The van der Waals surface area contributed by atoms with Gasteiger partial charge in [-0.25, -0.2) is 4.79 Å². The van der Waals surface area contributed by atoms with Crippen LogP contribution in [-0.4, -0.2) is 40.6 Å². The number of ether oxygens (including phenoxy) is 2. The van der Waals surface area contributed by atoms with Crippen LogP contribution >= 0.6 is 0 Å². The lowest BCUT2D eigenvalue weighted by Crippen LogP contribution is -2.42. The van der Waals surface area contributed by atoms with Crippen molar-refractivity contribution in [1.82, 2.24) is 9.55 Å². The van der Waals surface area contributed by atoms with Gasteiger partial charge in [-0.2, -0.15) is 0 Å². The molecule has 1 atom stereocenters. The predicted molar refractivity (Wildman–Crippen MR) is 53.1 cm³/mol. The van der Waals surface area contributed by atoms with Crippen molar-refractivity contribution in [3.63, 3.8) is 0 Å². The average molecular weight is 228 g/mol. The Bertz CT molecular complexity index is 461. The third-order valence-corrected chi connectivity index (χ3v) is 2.27. The van der Waals surface area contributed by atoms with Crippen molar-refractivity contribution in [2.45, 2.75) is 12.3 Å². The zero-order valence-electron chi connectivity index (χ0n) is 8.46. The quantitative estimate of drug-likeness (QED) is 0.650. The monoisotopic (exact) mass is 228 g/mol. The van der Waals surface area contributed by atoms with Crippen LogP contribution in [0.15, 0.2) is 21.9 Å². The standard InChI is InChI=1S/C9H12N2O5/c12-3-8(16-6-4-15-5-6)11-2-1-7(13)10-9(11)14/h1-2,6,8,12H,3-5H2,(H,10,13,14)/t8-/m1/s1. The molecule has 0 saturated carbocycles. The highest BCUT2D eigenvalue weighted by Crippen LogP contribution is 2.13. The van der Waals surface area contributed by atoms with E-state index in [2.05, 4.69) is 4.98 Å². The first-order valence-electron chi connectivity index (χ1n) is 4.86. The maximum Gasteiger partial charge on any atom is 0.330 e. The summed E-state index contributed by atoms with van der Waals surface area (Å²) in [6.45, 7) is 0.561. The van der Waals surface area contributed by atoms with E-state index in [1.54, 1.807) is 0 Å². The number of H-pyrrole nitrogens is 1. The summed E-state index contributed by atoms with van der Waals surface area (Å²) in [4.78, 5) is 24.4. The van der Waals surface area contributed by atoms with Gasteiger partial charge >= 0.3 is 5.69 Å². The van der Waals surface area contributed by atoms with E-state index in [0.29, 0.717) is 13.2 Å². The zero-order chi connectivity index (χ0) is 11.5. The van der Waals surface area contributed by atoms with Gasteiger partial charge in [-0.05, 0) is 0 Å². The van der Waals surface area contributed by atoms with Gasteiger partial charge in [0.1, 0.15) is 6.10 Å². The van der Waals surface area contributed by atoms with Crippen molar-refractivity contribution in [2.24, 2.45) is 0 Å². The molecule has 7 nitrogen and oxygen atoms in total. The highest BCUT2D eigenvalue weighted by Gasteiger charge is 2.24. The Balaban J connectivity index is 2.18. The Hall–Kier alpha value is -1.44. The molecule has 2 rings (SSSR count). The zero-order valence-corrected chi connectivity index (χ0v) is 8.46. The Kier molecular flexibility index (Phi) is 3.18. The van der Waals surface area contributed by atoms with Gasteiger partial charge in [-0.1, -0.05) is 0 Å². The van der Waals surface area contributed by atoms with E-state index < -0.39 is 17.5 Å². The Labute approximate surface area is 90.2 Å². The van der Waals surface area contributed by atoms with E-state index in [9.17, 15) is 9.59 Å². The molecule has 1 fully saturated rings. The van der Waals surface area contributed by atoms with Crippen molar-refractivity contribution in [2.75, 3.05) is 19.8 Å². The van der Waals surface area contributed by atoms with Crippen LogP contribution in [0.25, 0.3) is 0 Å². The van der Waals surface area contributed by atoms with Gasteiger partial charge in [-0.15, -0.1) is 0 Å². The Morgan fingerprint density at radius 1 is 1.62 bits per heavy atom. The second kappa shape index (κ2) is 4.60. The van der Waals surface area contributed by atoms with E-state index in [-0.39, 0.29) is 12.7 Å². The maximum absolute atomic E-state index is 11.4. The number of aromatic nitrogens is 2. The molecule has 2 heterocycles. The summed E-state index contributed by atoms with van der Waals surface area (Å²) in [5, 5.41) is 9.12. The molecule has 0 unspecified atom stereocenters. The van der Waals surface area contributed by atoms with Gasteiger partial charge < -0.3 is 14.6 Å². The van der Waals surface area contributed by atoms with Gasteiger partial charge in [0.25, 0.3) is 5.56 Å². The third kappa shape index (κ3) is 2.21. The summed E-state index contributed by atoms with van der Waals surface area (Å²) in [5.41, 5.74) is -1.09. The fraction of sp³-hybridized carbons (Fsp3) is 0.556. The lowest BCUT2D eigenvalue weighted by molar-refractivity contribution is -0.182. The van der Waals surface area contributed by atoms with Crippen molar-refractivity contribution in [1.29, 1.82) is 0 Å². The smallest absolute Gasteiger partial charge is 0.330 e. The van der Waals surface area contributed by atoms with E-state index in [0.717, 1.165) is 4.57 Å². The number of hydrogen-bond donors (Lipinski definition) is 2. The van der Waals surface area contributed by atoms with Crippen LogP contribution in [-0.2, 0) is 9.47 Å². The summed E-state index contributed by atoms with van der Waals surface area (Å²) >= 11 is 0. The van der Waals surface area contributed by atoms with Gasteiger partial charge in [0.05, 0.1) is 19.8 Å². The van der Waals surface area contributed by atoms with E-state index in [1.165, 1.54) is 12.3 Å². The third-order valence-electron chi connectivity index (χ3n) is 2.27. The van der Waals surface area contributed by atoms with Crippen LogP contribution in [0.2, 0.25) is 0 Å². The van der Waals surface area contributed by atoms with E-state index in [1.807, 2.05) is 0 Å². The summed E-state index contributed by atoms with van der Waals surface area (Å²) < 4.78 is 11.5. The molecule has 0 aromatic carbocycles. The van der Waals surface area contributed by atoms with Crippen LogP contribution in [0.4, 0.5) is 0 Å². The van der Waals surface area contributed by atoms with Crippen LogP contribution in [0.5, 0.6) is 0 Å². The first kappa shape index (κ1) is 11.1. The van der Waals surface area contributed by atoms with E-state index >= 15 is 0 Å².